The van der Waals surface area contributed by atoms with Gasteiger partial charge in [-0.15, -0.1) is 0 Å². The Balaban J connectivity index is 2.00. The third kappa shape index (κ3) is 5.07. The van der Waals surface area contributed by atoms with Gasteiger partial charge in [-0.25, -0.2) is 0 Å². The van der Waals surface area contributed by atoms with E-state index in [0.29, 0.717) is 0 Å². The van der Waals surface area contributed by atoms with Crippen molar-refractivity contribution in [2.45, 2.75) is 70.8 Å². The highest BCUT2D eigenvalue weighted by atomic mass is 16.2. The van der Waals surface area contributed by atoms with Gasteiger partial charge in [0.1, 0.15) is 0 Å². The highest BCUT2D eigenvalue weighted by molar-refractivity contribution is 5.86. The van der Waals surface area contributed by atoms with E-state index in [1.165, 1.54) is 32.1 Å². The van der Waals surface area contributed by atoms with Gasteiger partial charge in [-0.1, -0.05) is 39.0 Å². The lowest BCUT2D eigenvalue weighted by Crippen LogP contribution is -2.51. The summed E-state index contributed by atoms with van der Waals surface area (Å²) < 4.78 is 0. The monoisotopic (exact) mass is 240 g/mol. The van der Waals surface area contributed by atoms with Crippen LogP contribution in [0.4, 0.5) is 0 Å². The molecule has 0 aromatic rings. The molecular weight excluding hydrogens is 212 g/mol. The number of hydrogen-bond acceptors (Lipinski definition) is 2. The molecule has 1 aliphatic rings. The quantitative estimate of drug-likeness (QED) is 0.640. The molecule has 1 amide bonds. The van der Waals surface area contributed by atoms with Crippen LogP contribution in [0.1, 0.15) is 65.2 Å². The summed E-state index contributed by atoms with van der Waals surface area (Å²) >= 11 is 0. The second-order valence-electron chi connectivity index (χ2n) is 5.39. The average molecular weight is 240 g/mol. The van der Waals surface area contributed by atoms with Gasteiger partial charge in [0.05, 0.1) is 5.54 Å². The highest BCUT2D eigenvalue weighted by Gasteiger charge is 2.35. The number of rotatable bonds is 8. The molecule has 1 heterocycles. The van der Waals surface area contributed by atoms with Crippen molar-refractivity contribution in [1.29, 1.82) is 0 Å². The largest absolute Gasteiger partial charge is 0.355 e. The molecule has 1 saturated heterocycles. The predicted molar refractivity (Wildman–Crippen MR) is 72.0 cm³/mol. The first-order chi connectivity index (χ1) is 8.19. The Bertz CT molecular complexity index is 222. The first-order valence-electron chi connectivity index (χ1n) is 7.22. The molecule has 0 aromatic heterocycles. The Morgan fingerprint density at radius 1 is 1.24 bits per heavy atom. The van der Waals surface area contributed by atoms with Crippen LogP contribution >= 0.6 is 0 Å². The Kier molecular flexibility index (Phi) is 6.56. The minimum atomic E-state index is -0.303. The Labute approximate surface area is 106 Å². The number of amides is 1. The minimum Gasteiger partial charge on any atom is -0.355 e. The van der Waals surface area contributed by atoms with Crippen molar-refractivity contribution in [3.8, 4) is 0 Å². The van der Waals surface area contributed by atoms with Gasteiger partial charge in [-0.05, 0) is 32.7 Å². The van der Waals surface area contributed by atoms with Gasteiger partial charge in [0.25, 0.3) is 0 Å². The third-order valence-corrected chi connectivity index (χ3v) is 3.69. The summed E-state index contributed by atoms with van der Waals surface area (Å²) in [4.78, 5) is 11.9. The summed E-state index contributed by atoms with van der Waals surface area (Å²) in [5.41, 5.74) is -0.303. The van der Waals surface area contributed by atoms with Crippen LogP contribution in [0, 0.1) is 0 Å². The highest BCUT2D eigenvalue weighted by Crippen LogP contribution is 2.18. The fraction of sp³-hybridized carbons (Fsp3) is 0.929. The van der Waals surface area contributed by atoms with Crippen molar-refractivity contribution in [2.24, 2.45) is 0 Å². The van der Waals surface area contributed by atoms with Crippen LogP contribution in [0.2, 0.25) is 0 Å². The van der Waals surface area contributed by atoms with Crippen molar-refractivity contribution < 1.29 is 4.79 Å². The van der Waals surface area contributed by atoms with Crippen molar-refractivity contribution in [1.82, 2.24) is 10.6 Å². The molecule has 3 heteroatoms. The number of carbonyl (C=O) groups is 1. The second-order valence-corrected chi connectivity index (χ2v) is 5.39. The molecule has 0 bridgehead atoms. The molecule has 1 unspecified atom stereocenters. The predicted octanol–water partition coefficient (Wildman–Crippen LogP) is 2.61. The van der Waals surface area contributed by atoms with Crippen molar-refractivity contribution >= 4 is 5.91 Å². The van der Waals surface area contributed by atoms with Gasteiger partial charge < -0.3 is 10.6 Å². The Morgan fingerprint density at radius 2 is 1.94 bits per heavy atom. The van der Waals surface area contributed by atoms with Gasteiger partial charge in [0, 0.05) is 6.54 Å². The van der Waals surface area contributed by atoms with Crippen molar-refractivity contribution in [3.05, 3.63) is 0 Å². The molecule has 3 nitrogen and oxygen atoms in total. The van der Waals surface area contributed by atoms with E-state index in [4.69, 9.17) is 0 Å². The molecule has 0 aromatic carbocycles. The lowest BCUT2D eigenvalue weighted by molar-refractivity contribution is -0.126. The van der Waals surface area contributed by atoms with Crippen LogP contribution in [0.3, 0.4) is 0 Å². The molecule has 0 saturated carbocycles. The Hall–Kier alpha value is -0.570. The fourth-order valence-corrected chi connectivity index (χ4v) is 2.39. The molecule has 1 atom stereocenters. The SMILES string of the molecule is CCCCCCCCNC(=O)C1(C)CCCN1. The third-order valence-electron chi connectivity index (χ3n) is 3.69. The molecule has 100 valence electrons. The van der Waals surface area contributed by atoms with Gasteiger partial charge >= 0.3 is 0 Å². The molecule has 0 radical (unpaired) electrons. The Morgan fingerprint density at radius 3 is 2.59 bits per heavy atom. The van der Waals surface area contributed by atoms with E-state index in [0.717, 1.165) is 32.4 Å². The standard InChI is InChI=1S/C14H28N2O/c1-3-4-5-6-7-8-11-15-13(17)14(2)10-9-12-16-14/h16H,3-12H2,1-2H3,(H,15,17). The minimum absolute atomic E-state index is 0.184. The lowest BCUT2D eigenvalue weighted by atomic mass is 9.99. The summed E-state index contributed by atoms with van der Waals surface area (Å²) in [6, 6.07) is 0. The summed E-state index contributed by atoms with van der Waals surface area (Å²) in [5.74, 6) is 0.184. The first-order valence-corrected chi connectivity index (χ1v) is 7.22. The molecule has 17 heavy (non-hydrogen) atoms. The second kappa shape index (κ2) is 7.70. The van der Waals surface area contributed by atoms with E-state index in [-0.39, 0.29) is 11.4 Å². The topological polar surface area (TPSA) is 41.1 Å². The molecule has 2 N–H and O–H groups in total. The number of hydrogen-bond donors (Lipinski definition) is 2. The van der Waals surface area contributed by atoms with Crippen LogP contribution < -0.4 is 10.6 Å². The smallest absolute Gasteiger partial charge is 0.240 e. The fourth-order valence-electron chi connectivity index (χ4n) is 2.39. The van der Waals surface area contributed by atoms with E-state index >= 15 is 0 Å². The van der Waals surface area contributed by atoms with E-state index in [9.17, 15) is 4.79 Å². The molecule has 0 aliphatic carbocycles. The molecular formula is C14H28N2O. The van der Waals surface area contributed by atoms with Gasteiger partial charge in [-0.2, -0.15) is 0 Å². The zero-order chi connectivity index (χ0) is 12.6. The van der Waals surface area contributed by atoms with Crippen LogP contribution in [-0.4, -0.2) is 24.5 Å². The molecule has 0 spiro atoms. The van der Waals surface area contributed by atoms with Crippen LogP contribution in [0.25, 0.3) is 0 Å². The maximum absolute atomic E-state index is 11.9. The maximum atomic E-state index is 11.9. The van der Waals surface area contributed by atoms with Crippen molar-refractivity contribution in [2.75, 3.05) is 13.1 Å². The van der Waals surface area contributed by atoms with Crippen molar-refractivity contribution in [3.63, 3.8) is 0 Å². The van der Waals surface area contributed by atoms with E-state index in [1.54, 1.807) is 0 Å². The number of unbranched alkanes of at least 4 members (excludes halogenated alkanes) is 5. The number of nitrogens with one attached hydrogen (secondary N) is 2. The van der Waals surface area contributed by atoms with E-state index < -0.39 is 0 Å². The molecule has 1 aliphatic heterocycles. The zero-order valence-electron chi connectivity index (χ0n) is 11.5. The summed E-state index contributed by atoms with van der Waals surface area (Å²) in [6.45, 7) is 6.05. The molecule has 1 fully saturated rings. The first kappa shape index (κ1) is 14.5. The molecule has 1 rings (SSSR count). The van der Waals surface area contributed by atoms with Gasteiger partial charge in [0.2, 0.25) is 5.91 Å². The lowest BCUT2D eigenvalue weighted by Gasteiger charge is -2.22. The van der Waals surface area contributed by atoms with Crippen LogP contribution in [0.15, 0.2) is 0 Å². The normalized spacial score (nSPS) is 23.9. The van der Waals surface area contributed by atoms with Gasteiger partial charge in [0.15, 0.2) is 0 Å². The van der Waals surface area contributed by atoms with E-state index in [1.807, 2.05) is 6.92 Å². The van der Waals surface area contributed by atoms with E-state index in [2.05, 4.69) is 17.6 Å². The average Bonchev–Trinajstić information content (AvgIpc) is 2.76. The van der Waals surface area contributed by atoms with Crippen LogP contribution in [0.5, 0.6) is 0 Å². The zero-order valence-corrected chi connectivity index (χ0v) is 11.5. The maximum Gasteiger partial charge on any atom is 0.240 e. The summed E-state index contributed by atoms with van der Waals surface area (Å²) in [7, 11) is 0. The summed E-state index contributed by atoms with van der Waals surface area (Å²) in [6.07, 6.45) is 9.71. The summed E-state index contributed by atoms with van der Waals surface area (Å²) in [5, 5.41) is 6.34. The number of carbonyl (C=O) groups excluding carboxylic acids is 1. The van der Waals surface area contributed by atoms with Gasteiger partial charge in [-0.3, -0.25) is 4.79 Å². The van der Waals surface area contributed by atoms with Crippen LogP contribution in [-0.2, 0) is 4.79 Å².